The number of rotatable bonds is 4. The van der Waals surface area contributed by atoms with E-state index in [9.17, 15) is 13.2 Å². The van der Waals surface area contributed by atoms with E-state index in [4.69, 9.17) is 5.11 Å². The summed E-state index contributed by atoms with van der Waals surface area (Å²) >= 11 is 0. The van der Waals surface area contributed by atoms with Gasteiger partial charge in [-0.2, -0.15) is 0 Å². The number of hydrogen-bond donors (Lipinski definition) is 1. The molecule has 6 nitrogen and oxygen atoms in total. The van der Waals surface area contributed by atoms with Crippen LogP contribution >= 0.6 is 0 Å². The molecular formula is C13H24N2O4S. The molecule has 2 aliphatic rings. The lowest BCUT2D eigenvalue weighted by Crippen LogP contribution is -2.47. The van der Waals surface area contributed by atoms with E-state index in [1.165, 1.54) is 0 Å². The maximum Gasteiger partial charge on any atom is 0.317 e. The summed E-state index contributed by atoms with van der Waals surface area (Å²) in [6.07, 6.45) is 3.48. The lowest BCUT2D eigenvalue weighted by molar-refractivity contribution is -0.139. The number of carbonyl (C=O) groups is 1. The van der Waals surface area contributed by atoms with Crippen LogP contribution in [0.15, 0.2) is 0 Å². The minimum Gasteiger partial charge on any atom is -0.480 e. The molecule has 0 aromatic carbocycles. The number of sulfone groups is 1. The minimum absolute atomic E-state index is 0.0471. The lowest BCUT2D eigenvalue weighted by Gasteiger charge is -2.34. The zero-order valence-corrected chi connectivity index (χ0v) is 12.8. The molecule has 0 bridgehead atoms. The average molecular weight is 304 g/mol. The lowest BCUT2D eigenvalue weighted by atomic mass is 10.0. The molecule has 2 fully saturated rings. The van der Waals surface area contributed by atoms with E-state index < -0.39 is 15.8 Å². The Morgan fingerprint density at radius 1 is 1.25 bits per heavy atom. The fraction of sp³-hybridized carbons (Fsp3) is 0.923. The van der Waals surface area contributed by atoms with Gasteiger partial charge in [-0.3, -0.25) is 9.69 Å². The van der Waals surface area contributed by atoms with Crippen molar-refractivity contribution in [2.75, 3.05) is 38.2 Å². The first-order chi connectivity index (χ1) is 9.37. The van der Waals surface area contributed by atoms with Gasteiger partial charge in [-0.25, -0.2) is 8.42 Å². The summed E-state index contributed by atoms with van der Waals surface area (Å²) in [5, 5.41) is 9.13. The fourth-order valence-electron chi connectivity index (χ4n) is 3.30. The van der Waals surface area contributed by atoms with E-state index in [-0.39, 0.29) is 30.1 Å². The summed E-state index contributed by atoms with van der Waals surface area (Å²) in [4.78, 5) is 15.3. The zero-order valence-electron chi connectivity index (χ0n) is 12.0. The molecule has 2 heterocycles. The van der Waals surface area contributed by atoms with Crippen LogP contribution in [0.5, 0.6) is 0 Å². The monoisotopic (exact) mass is 304 g/mol. The van der Waals surface area contributed by atoms with Crippen molar-refractivity contribution < 1.29 is 18.3 Å². The minimum atomic E-state index is -2.98. The van der Waals surface area contributed by atoms with Gasteiger partial charge in [-0.1, -0.05) is 0 Å². The van der Waals surface area contributed by atoms with Crippen LogP contribution in [0.3, 0.4) is 0 Å². The first kappa shape index (κ1) is 15.7. The topological polar surface area (TPSA) is 77.9 Å². The summed E-state index contributed by atoms with van der Waals surface area (Å²) in [5.74, 6) is -0.556. The molecule has 0 aliphatic carbocycles. The third-order valence-corrected chi connectivity index (χ3v) is 6.14. The van der Waals surface area contributed by atoms with Crippen molar-refractivity contribution in [3.05, 3.63) is 0 Å². The third kappa shape index (κ3) is 4.17. The molecule has 20 heavy (non-hydrogen) atoms. The third-order valence-electron chi connectivity index (χ3n) is 4.39. The molecule has 0 spiro atoms. The van der Waals surface area contributed by atoms with Gasteiger partial charge in [-0.15, -0.1) is 0 Å². The van der Waals surface area contributed by atoms with Gasteiger partial charge in [0.15, 0.2) is 9.84 Å². The number of aliphatic carboxylic acids is 1. The molecule has 116 valence electrons. The highest BCUT2D eigenvalue weighted by Gasteiger charge is 2.36. The highest BCUT2D eigenvalue weighted by Crippen LogP contribution is 2.24. The van der Waals surface area contributed by atoms with E-state index in [1.54, 1.807) is 0 Å². The Labute approximate surface area is 120 Å². The molecular weight excluding hydrogens is 280 g/mol. The second-order valence-corrected chi connectivity index (χ2v) is 8.24. The van der Waals surface area contributed by atoms with Gasteiger partial charge in [0.1, 0.15) is 0 Å². The molecule has 2 saturated heterocycles. The van der Waals surface area contributed by atoms with Crippen LogP contribution in [-0.4, -0.2) is 79.6 Å². The summed E-state index contributed by atoms with van der Waals surface area (Å²) < 4.78 is 23.3. The van der Waals surface area contributed by atoms with Crippen LogP contribution in [-0.2, 0) is 14.6 Å². The maximum absolute atomic E-state index is 11.7. The molecule has 2 unspecified atom stereocenters. The Bertz CT molecular complexity index is 451. The highest BCUT2D eigenvalue weighted by atomic mass is 32.2. The number of carboxylic acid groups (broad SMARTS) is 1. The van der Waals surface area contributed by atoms with Crippen LogP contribution in [0.2, 0.25) is 0 Å². The van der Waals surface area contributed by atoms with Crippen molar-refractivity contribution in [1.29, 1.82) is 0 Å². The van der Waals surface area contributed by atoms with Gasteiger partial charge in [-0.05, 0) is 45.8 Å². The second-order valence-electron chi connectivity index (χ2n) is 6.01. The van der Waals surface area contributed by atoms with E-state index in [0.717, 1.165) is 32.4 Å². The number of likely N-dealkylation sites (tertiary alicyclic amines) is 1. The summed E-state index contributed by atoms with van der Waals surface area (Å²) in [5.41, 5.74) is 0. The van der Waals surface area contributed by atoms with E-state index in [0.29, 0.717) is 6.42 Å². The van der Waals surface area contributed by atoms with Gasteiger partial charge in [0.25, 0.3) is 0 Å². The zero-order chi connectivity index (χ0) is 14.8. The summed E-state index contributed by atoms with van der Waals surface area (Å²) in [6.45, 7) is 1.93. The highest BCUT2D eigenvalue weighted by molar-refractivity contribution is 7.91. The molecule has 0 radical (unpaired) electrons. The summed E-state index contributed by atoms with van der Waals surface area (Å²) in [6, 6.07) is 0.0684. The maximum atomic E-state index is 11.7. The standard InChI is InChI=1S/C13H24N2O4S/c1-14-6-2-3-11(4-7-14)15(9-13(16)17)12-5-8-20(18,19)10-12/h11-12H,2-10H2,1H3,(H,16,17). The SMILES string of the molecule is CN1CCCC(N(CC(=O)O)C2CCS(=O)(=O)C2)CC1. The Hall–Kier alpha value is -0.660. The Morgan fingerprint density at radius 3 is 2.60 bits per heavy atom. The molecule has 0 amide bonds. The number of nitrogens with zero attached hydrogens (tertiary/aromatic N) is 2. The van der Waals surface area contributed by atoms with E-state index >= 15 is 0 Å². The van der Waals surface area contributed by atoms with Gasteiger partial charge in [0, 0.05) is 12.1 Å². The summed E-state index contributed by atoms with van der Waals surface area (Å²) in [7, 11) is -0.906. The molecule has 1 N–H and O–H groups in total. The van der Waals surface area contributed by atoms with Crippen molar-refractivity contribution >= 4 is 15.8 Å². The molecule has 2 aliphatic heterocycles. The Kier molecular flexibility index (Phi) is 5.04. The van der Waals surface area contributed by atoms with Crippen LogP contribution < -0.4 is 0 Å². The molecule has 7 heteroatoms. The number of hydrogen-bond acceptors (Lipinski definition) is 5. The van der Waals surface area contributed by atoms with Crippen molar-refractivity contribution in [2.45, 2.75) is 37.8 Å². The fourth-order valence-corrected chi connectivity index (χ4v) is 5.05. The quantitative estimate of drug-likeness (QED) is 0.790. The normalized spacial score (nSPS) is 31.3. The van der Waals surface area contributed by atoms with Gasteiger partial charge >= 0.3 is 5.97 Å². The molecule has 2 atom stereocenters. The second kappa shape index (κ2) is 6.41. The predicted octanol–water partition coefficient (Wildman–Crippen LogP) is 0.0444. The molecule has 0 aromatic rings. The van der Waals surface area contributed by atoms with E-state index in [2.05, 4.69) is 11.9 Å². The average Bonchev–Trinajstić information content (AvgIpc) is 2.56. The van der Waals surface area contributed by atoms with Crippen LogP contribution in [0.4, 0.5) is 0 Å². The van der Waals surface area contributed by atoms with E-state index in [1.807, 2.05) is 4.90 Å². The van der Waals surface area contributed by atoms with Crippen molar-refractivity contribution in [2.24, 2.45) is 0 Å². The van der Waals surface area contributed by atoms with Gasteiger partial charge in [0.05, 0.1) is 18.1 Å². The van der Waals surface area contributed by atoms with Crippen molar-refractivity contribution in [3.8, 4) is 0 Å². The van der Waals surface area contributed by atoms with Crippen LogP contribution in [0, 0.1) is 0 Å². The first-order valence-electron chi connectivity index (χ1n) is 7.24. The largest absolute Gasteiger partial charge is 0.480 e. The Morgan fingerprint density at radius 2 is 2.00 bits per heavy atom. The first-order valence-corrected chi connectivity index (χ1v) is 9.06. The number of carboxylic acids is 1. The van der Waals surface area contributed by atoms with Crippen LogP contribution in [0.25, 0.3) is 0 Å². The van der Waals surface area contributed by atoms with Crippen molar-refractivity contribution in [1.82, 2.24) is 9.80 Å². The van der Waals surface area contributed by atoms with Crippen molar-refractivity contribution in [3.63, 3.8) is 0 Å². The Balaban J connectivity index is 2.08. The van der Waals surface area contributed by atoms with Crippen LogP contribution in [0.1, 0.15) is 25.7 Å². The predicted molar refractivity (Wildman–Crippen MR) is 76.5 cm³/mol. The van der Waals surface area contributed by atoms with Gasteiger partial charge < -0.3 is 10.0 Å². The van der Waals surface area contributed by atoms with Gasteiger partial charge in [0.2, 0.25) is 0 Å². The molecule has 0 saturated carbocycles. The smallest absolute Gasteiger partial charge is 0.317 e. The molecule has 2 rings (SSSR count). The molecule has 0 aromatic heterocycles.